The molecular weight excluding hydrogens is 246 g/mol. The zero-order valence-electron chi connectivity index (χ0n) is 9.44. The fourth-order valence-corrected chi connectivity index (χ4v) is 1.32. The number of nitrogen functional groups attached to an aromatic ring is 1. The van der Waals surface area contributed by atoms with E-state index in [0.29, 0.717) is 0 Å². The zero-order valence-corrected chi connectivity index (χ0v) is 9.44. The minimum atomic E-state index is -3.02. The third-order valence-corrected chi connectivity index (χ3v) is 2.15. The van der Waals surface area contributed by atoms with Crippen molar-refractivity contribution in [1.82, 2.24) is 0 Å². The summed E-state index contributed by atoms with van der Waals surface area (Å²) in [7, 11) is 1.18. The standard InChI is InChI=1S/C11H10F2N2O3/c1-17-9(16)4-6-2-8(18-11(12)13)3-7(5-14)10(6)15/h2-3,11H,4,15H2,1H3. The van der Waals surface area contributed by atoms with E-state index >= 15 is 0 Å². The summed E-state index contributed by atoms with van der Waals surface area (Å²) >= 11 is 0. The van der Waals surface area contributed by atoms with Gasteiger partial charge in [-0.05, 0) is 11.6 Å². The fraction of sp³-hybridized carbons (Fsp3) is 0.273. The molecule has 7 heteroatoms. The Balaban J connectivity index is 3.15. The lowest BCUT2D eigenvalue weighted by molar-refractivity contribution is -0.139. The van der Waals surface area contributed by atoms with Crippen LogP contribution in [0.15, 0.2) is 12.1 Å². The smallest absolute Gasteiger partial charge is 0.387 e. The first-order valence-corrected chi connectivity index (χ1v) is 4.82. The summed E-state index contributed by atoms with van der Waals surface area (Å²) in [6, 6.07) is 4.00. The van der Waals surface area contributed by atoms with Gasteiger partial charge in [-0.2, -0.15) is 14.0 Å². The number of carbonyl (C=O) groups is 1. The molecule has 1 rings (SSSR count). The largest absolute Gasteiger partial charge is 0.469 e. The Kier molecular flexibility index (Phi) is 4.43. The Hall–Kier alpha value is -2.36. The summed E-state index contributed by atoms with van der Waals surface area (Å²) in [5.74, 6) is -0.825. The molecule has 18 heavy (non-hydrogen) atoms. The molecule has 1 aromatic carbocycles. The van der Waals surface area contributed by atoms with Crippen molar-refractivity contribution in [2.75, 3.05) is 12.8 Å². The number of rotatable bonds is 4. The van der Waals surface area contributed by atoms with Crippen molar-refractivity contribution in [3.05, 3.63) is 23.3 Å². The highest BCUT2D eigenvalue weighted by molar-refractivity contribution is 5.76. The first-order valence-electron chi connectivity index (χ1n) is 4.82. The highest BCUT2D eigenvalue weighted by Crippen LogP contribution is 2.26. The monoisotopic (exact) mass is 256 g/mol. The van der Waals surface area contributed by atoms with Crippen molar-refractivity contribution in [2.24, 2.45) is 0 Å². The SMILES string of the molecule is COC(=O)Cc1cc(OC(F)F)cc(C#N)c1N. The summed E-state index contributed by atoms with van der Waals surface area (Å²) in [6.07, 6.45) is -0.225. The van der Waals surface area contributed by atoms with Crippen LogP contribution in [0.2, 0.25) is 0 Å². The van der Waals surface area contributed by atoms with E-state index in [1.165, 1.54) is 13.2 Å². The van der Waals surface area contributed by atoms with E-state index < -0.39 is 12.6 Å². The molecule has 1 aromatic rings. The Morgan fingerprint density at radius 1 is 1.56 bits per heavy atom. The molecule has 0 saturated carbocycles. The summed E-state index contributed by atoms with van der Waals surface area (Å²) in [5, 5.41) is 8.80. The summed E-state index contributed by atoms with van der Waals surface area (Å²) in [6.45, 7) is -3.02. The Bertz CT molecular complexity index is 498. The minimum Gasteiger partial charge on any atom is -0.469 e. The summed E-state index contributed by atoms with van der Waals surface area (Å²) in [4.78, 5) is 11.1. The van der Waals surface area contributed by atoms with E-state index in [4.69, 9.17) is 11.0 Å². The van der Waals surface area contributed by atoms with E-state index in [2.05, 4.69) is 9.47 Å². The quantitative estimate of drug-likeness (QED) is 0.651. The van der Waals surface area contributed by atoms with Crippen molar-refractivity contribution in [3.8, 4) is 11.8 Å². The molecule has 0 aliphatic rings. The van der Waals surface area contributed by atoms with Gasteiger partial charge in [-0.15, -0.1) is 0 Å². The number of nitriles is 1. The zero-order chi connectivity index (χ0) is 13.7. The second-order valence-corrected chi connectivity index (χ2v) is 3.29. The van der Waals surface area contributed by atoms with Crippen LogP contribution in [-0.4, -0.2) is 19.7 Å². The number of nitrogens with zero attached hydrogens (tertiary/aromatic N) is 1. The first kappa shape index (κ1) is 13.7. The maximum atomic E-state index is 12.1. The van der Waals surface area contributed by atoms with E-state index in [1.807, 2.05) is 0 Å². The lowest BCUT2D eigenvalue weighted by Crippen LogP contribution is -2.09. The van der Waals surface area contributed by atoms with Gasteiger partial charge in [0.15, 0.2) is 0 Å². The van der Waals surface area contributed by atoms with Crippen molar-refractivity contribution in [3.63, 3.8) is 0 Å². The van der Waals surface area contributed by atoms with Crippen LogP contribution in [0.5, 0.6) is 5.75 Å². The van der Waals surface area contributed by atoms with Gasteiger partial charge in [0.1, 0.15) is 11.8 Å². The predicted molar refractivity (Wildman–Crippen MR) is 57.9 cm³/mol. The molecule has 2 N–H and O–H groups in total. The number of hydrogen-bond donors (Lipinski definition) is 1. The number of anilines is 1. The Morgan fingerprint density at radius 2 is 2.22 bits per heavy atom. The molecule has 0 saturated heterocycles. The Morgan fingerprint density at radius 3 is 2.72 bits per heavy atom. The van der Waals surface area contributed by atoms with E-state index in [1.54, 1.807) is 6.07 Å². The fourth-order valence-electron chi connectivity index (χ4n) is 1.32. The van der Waals surface area contributed by atoms with Crippen molar-refractivity contribution in [2.45, 2.75) is 13.0 Å². The topological polar surface area (TPSA) is 85.3 Å². The van der Waals surface area contributed by atoms with Gasteiger partial charge >= 0.3 is 12.6 Å². The molecule has 0 radical (unpaired) electrons. The van der Waals surface area contributed by atoms with Gasteiger partial charge < -0.3 is 15.2 Å². The number of benzene rings is 1. The van der Waals surface area contributed by atoms with Crippen LogP contribution >= 0.6 is 0 Å². The molecule has 5 nitrogen and oxygen atoms in total. The van der Waals surface area contributed by atoms with Crippen LogP contribution in [0.25, 0.3) is 0 Å². The van der Waals surface area contributed by atoms with Gasteiger partial charge in [-0.25, -0.2) is 0 Å². The minimum absolute atomic E-state index is 0.0351. The van der Waals surface area contributed by atoms with Gasteiger partial charge in [0.2, 0.25) is 0 Å². The molecule has 0 bridgehead atoms. The van der Waals surface area contributed by atoms with Crippen LogP contribution < -0.4 is 10.5 Å². The highest BCUT2D eigenvalue weighted by Gasteiger charge is 2.14. The van der Waals surface area contributed by atoms with Gasteiger partial charge in [-0.1, -0.05) is 0 Å². The van der Waals surface area contributed by atoms with Gasteiger partial charge in [0.05, 0.1) is 24.8 Å². The molecule has 0 unspecified atom stereocenters. The van der Waals surface area contributed by atoms with Crippen molar-refractivity contribution < 1.29 is 23.0 Å². The summed E-state index contributed by atoms with van der Waals surface area (Å²) < 4.78 is 32.8. The van der Waals surface area contributed by atoms with Gasteiger partial charge in [0.25, 0.3) is 0 Å². The molecular formula is C11H10F2N2O3. The molecule has 0 aromatic heterocycles. The number of esters is 1. The van der Waals surface area contributed by atoms with Crippen molar-refractivity contribution in [1.29, 1.82) is 5.26 Å². The van der Waals surface area contributed by atoms with Crippen LogP contribution in [0.3, 0.4) is 0 Å². The van der Waals surface area contributed by atoms with Crippen LogP contribution in [0, 0.1) is 11.3 Å². The Labute approximate surface area is 102 Å². The normalized spacial score (nSPS) is 9.94. The second kappa shape index (κ2) is 5.82. The van der Waals surface area contributed by atoms with E-state index in [-0.39, 0.29) is 29.0 Å². The number of carbonyl (C=O) groups excluding carboxylic acids is 1. The predicted octanol–water partition coefficient (Wildman–Crippen LogP) is 1.46. The number of ether oxygens (including phenoxy) is 2. The van der Waals surface area contributed by atoms with E-state index in [0.717, 1.165) is 6.07 Å². The average molecular weight is 256 g/mol. The molecule has 0 amide bonds. The molecule has 0 aliphatic carbocycles. The molecule has 0 fully saturated rings. The van der Waals surface area contributed by atoms with Gasteiger partial charge in [-0.3, -0.25) is 4.79 Å². The number of hydrogen-bond acceptors (Lipinski definition) is 5. The molecule has 0 atom stereocenters. The van der Waals surface area contributed by atoms with Crippen LogP contribution in [0.1, 0.15) is 11.1 Å². The third kappa shape index (κ3) is 3.31. The maximum absolute atomic E-state index is 12.1. The number of nitrogens with two attached hydrogens (primary N) is 1. The third-order valence-electron chi connectivity index (χ3n) is 2.15. The molecule has 0 heterocycles. The molecule has 0 aliphatic heterocycles. The lowest BCUT2D eigenvalue weighted by atomic mass is 10.0. The second-order valence-electron chi connectivity index (χ2n) is 3.29. The van der Waals surface area contributed by atoms with Crippen molar-refractivity contribution >= 4 is 11.7 Å². The number of methoxy groups -OCH3 is 1. The highest BCUT2D eigenvalue weighted by atomic mass is 19.3. The lowest BCUT2D eigenvalue weighted by Gasteiger charge is -2.10. The number of alkyl halides is 2. The molecule has 0 spiro atoms. The maximum Gasteiger partial charge on any atom is 0.387 e. The van der Waals surface area contributed by atoms with Crippen LogP contribution in [0.4, 0.5) is 14.5 Å². The number of halogens is 2. The van der Waals surface area contributed by atoms with E-state index in [9.17, 15) is 13.6 Å². The first-order chi connectivity index (χ1) is 8.47. The average Bonchev–Trinajstić information content (AvgIpc) is 2.32. The summed E-state index contributed by atoms with van der Waals surface area (Å²) in [5.41, 5.74) is 5.84. The molecule has 96 valence electrons. The van der Waals surface area contributed by atoms with Gasteiger partial charge in [0, 0.05) is 6.07 Å². The van der Waals surface area contributed by atoms with Crippen LogP contribution in [-0.2, 0) is 16.0 Å².